The van der Waals surface area contributed by atoms with Crippen LogP contribution in [0.1, 0.15) is 24.6 Å². The van der Waals surface area contributed by atoms with E-state index in [9.17, 15) is 0 Å². The van der Waals surface area contributed by atoms with Crippen molar-refractivity contribution >= 4 is 45.9 Å². The second kappa shape index (κ2) is 10.9. The lowest BCUT2D eigenvalue weighted by atomic mass is 10.0. The van der Waals surface area contributed by atoms with Crippen molar-refractivity contribution < 1.29 is 9.47 Å². The number of nitrogens with two attached hydrogens (primary N) is 1. The first-order chi connectivity index (χ1) is 15.3. The monoisotopic (exact) mass is 495 g/mol. The summed E-state index contributed by atoms with van der Waals surface area (Å²) in [7, 11) is 7.15. The van der Waals surface area contributed by atoms with Crippen LogP contribution in [0.25, 0.3) is 22.2 Å². The molecule has 0 spiro atoms. The largest absolute Gasteiger partial charge is 0.495 e. The average molecular weight is 496 g/mol. The molecule has 0 aliphatic heterocycles. The van der Waals surface area contributed by atoms with Crippen LogP contribution in [0, 0.1) is 0 Å². The van der Waals surface area contributed by atoms with Crippen molar-refractivity contribution in [2.45, 2.75) is 24.0 Å². The van der Waals surface area contributed by atoms with Gasteiger partial charge in [0.2, 0.25) is 0 Å². The molecule has 0 radical (unpaired) electrons. The zero-order valence-electron chi connectivity index (χ0n) is 18.8. The van der Waals surface area contributed by atoms with Crippen molar-refractivity contribution in [3.05, 3.63) is 34.1 Å². The number of hydrogen-bond acceptors (Lipinski definition) is 8. The average Bonchev–Trinajstić information content (AvgIpc) is 2.78. The molecular weight excluding hydrogens is 469 g/mol. The van der Waals surface area contributed by atoms with Crippen LogP contribution < -0.4 is 15.2 Å². The zero-order chi connectivity index (χ0) is 23.4. The summed E-state index contributed by atoms with van der Waals surface area (Å²) in [5, 5.41) is 2.16. The van der Waals surface area contributed by atoms with Crippen LogP contribution in [0.4, 0.5) is 0 Å². The van der Waals surface area contributed by atoms with E-state index < -0.39 is 0 Å². The molecule has 0 bridgehead atoms. The number of ether oxygens (including phenoxy) is 2. The maximum Gasteiger partial charge on any atom is 0.187 e. The number of fused-ring (bicyclic) bond motifs is 1. The molecule has 0 saturated carbocycles. The van der Waals surface area contributed by atoms with Crippen LogP contribution in [-0.4, -0.2) is 61.0 Å². The number of aromatic nitrogens is 3. The van der Waals surface area contributed by atoms with Crippen molar-refractivity contribution in [3.63, 3.8) is 0 Å². The molecule has 0 amide bonds. The SMILES string of the molecule is COc1cc(OC)c(Cl)c(-c2cc3cnc(SC)nc3c(C(N)CCCN(C)C)n2)c1Cl. The highest BCUT2D eigenvalue weighted by molar-refractivity contribution is 7.98. The molecule has 2 heterocycles. The van der Waals surface area contributed by atoms with Crippen molar-refractivity contribution in [3.8, 4) is 22.8 Å². The van der Waals surface area contributed by atoms with Gasteiger partial charge in [-0.2, -0.15) is 0 Å². The van der Waals surface area contributed by atoms with E-state index in [-0.39, 0.29) is 6.04 Å². The predicted octanol–water partition coefficient (Wildman–Crippen LogP) is 5.08. The van der Waals surface area contributed by atoms with Gasteiger partial charge in [-0.1, -0.05) is 35.0 Å². The minimum atomic E-state index is -0.313. The quantitative estimate of drug-likeness (QED) is 0.324. The van der Waals surface area contributed by atoms with Gasteiger partial charge >= 0.3 is 0 Å². The number of halogens is 2. The summed E-state index contributed by atoms with van der Waals surface area (Å²) in [6.45, 7) is 0.932. The van der Waals surface area contributed by atoms with Gasteiger partial charge in [-0.15, -0.1) is 0 Å². The summed E-state index contributed by atoms with van der Waals surface area (Å²) in [6.07, 6.45) is 5.39. The molecule has 1 aromatic carbocycles. The van der Waals surface area contributed by atoms with Crippen LogP contribution in [0.15, 0.2) is 23.5 Å². The Morgan fingerprint density at radius 3 is 2.31 bits per heavy atom. The van der Waals surface area contributed by atoms with Crippen molar-refractivity contribution in [2.75, 3.05) is 41.1 Å². The van der Waals surface area contributed by atoms with E-state index in [1.807, 2.05) is 26.4 Å². The predicted molar refractivity (Wildman–Crippen MR) is 132 cm³/mol. The fourth-order valence-corrected chi connectivity index (χ4v) is 4.44. The standard InChI is InChI=1S/C22H27Cl2N5O2S/c1-29(2)8-6-7-13(25)21-20-12(11-26-22(28-20)32-5)9-14(27-21)17-18(23)15(30-3)10-16(31-4)19(17)24/h9-11,13H,6-8,25H2,1-5H3. The smallest absolute Gasteiger partial charge is 0.187 e. The zero-order valence-corrected chi connectivity index (χ0v) is 21.1. The number of nitrogens with zero attached hydrogens (tertiary/aromatic N) is 4. The minimum absolute atomic E-state index is 0.313. The van der Waals surface area contributed by atoms with E-state index in [4.69, 9.17) is 43.4 Å². The summed E-state index contributed by atoms with van der Waals surface area (Å²) in [5.74, 6) is 0.881. The van der Waals surface area contributed by atoms with E-state index >= 15 is 0 Å². The Labute approximate surface area is 202 Å². The number of benzene rings is 1. The molecule has 0 aliphatic carbocycles. The molecule has 3 rings (SSSR count). The van der Waals surface area contributed by atoms with Crippen molar-refractivity contribution in [2.24, 2.45) is 5.73 Å². The highest BCUT2D eigenvalue weighted by Gasteiger charge is 2.23. The summed E-state index contributed by atoms with van der Waals surface area (Å²) in [6, 6.07) is 3.20. The Kier molecular flexibility index (Phi) is 8.41. The van der Waals surface area contributed by atoms with Crippen LogP contribution in [0.2, 0.25) is 10.0 Å². The minimum Gasteiger partial charge on any atom is -0.495 e. The van der Waals surface area contributed by atoms with Gasteiger partial charge in [-0.05, 0) is 45.8 Å². The maximum atomic E-state index is 6.65. The number of methoxy groups -OCH3 is 2. The molecule has 10 heteroatoms. The molecule has 2 N–H and O–H groups in total. The van der Waals surface area contributed by atoms with Gasteiger partial charge in [0, 0.05) is 29.3 Å². The third-order valence-electron chi connectivity index (χ3n) is 5.05. The summed E-state index contributed by atoms with van der Waals surface area (Å²) >= 11 is 14.8. The van der Waals surface area contributed by atoms with Gasteiger partial charge in [0.25, 0.3) is 0 Å². The summed E-state index contributed by atoms with van der Waals surface area (Å²) in [5.41, 5.74) is 9.10. The normalized spacial score (nSPS) is 12.4. The molecular formula is C22H27Cl2N5O2S. The highest BCUT2D eigenvalue weighted by Crippen LogP contribution is 2.46. The fourth-order valence-electron chi connectivity index (χ4n) is 3.41. The van der Waals surface area contributed by atoms with E-state index in [2.05, 4.69) is 14.9 Å². The molecule has 0 fully saturated rings. The summed E-state index contributed by atoms with van der Waals surface area (Å²) in [4.78, 5) is 16.1. The molecule has 3 aromatic rings. The van der Waals surface area contributed by atoms with E-state index in [0.29, 0.717) is 43.7 Å². The lowest BCUT2D eigenvalue weighted by Gasteiger charge is -2.18. The molecule has 0 aliphatic rings. The highest BCUT2D eigenvalue weighted by atomic mass is 35.5. The Morgan fingerprint density at radius 1 is 1.09 bits per heavy atom. The van der Waals surface area contributed by atoms with Crippen LogP contribution in [0.5, 0.6) is 11.5 Å². The maximum absolute atomic E-state index is 6.65. The topological polar surface area (TPSA) is 86.4 Å². The van der Waals surface area contributed by atoms with Crippen LogP contribution in [0.3, 0.4) is 0 Å². The molecule has 7 nitrogen and oxygen atoms in total. The third-order valence-corrected chi connectivity index (χ3v) is 6.37. The van der Waals surface area contributed by atoms with Gasteiger partial charge in [0.05, 0.1) is 41.2 Å². The van der Waals surface area contributed by atoms with Crippen molar-refractivity contribution in [1.82, 2.24) is 19.9 Å². The van der Waals surface area contributed by atoms with Crippen LogP contribution in [-0.2, 0) is 0 Å². The lowest BCUT2D eigenvalue weighted by Crippen LogP contribution is -2.18. The lowest BCUT2D eigenvalue weighted by molar-refractivity contribution is 0.385. The second-order valence-corrected chi connectivity index (χ2v) is 9.05. The Hall–Kier alpha value is -1.84. The summed E-state index contributed by atoms with van der Waals surface area (Å²) < 4.78 is 10.8. The van der Waals surface area contributed by atoms with Gasteiger partial charge in [0.15, 0.2) is 5.16 Å². The Bertz CT molecular complexity index is 1090. The number of pyridine rings is 1. The van der Waals surface area contributed by atoms with Crippen LogP contribution >= 0.6 is 35.0 Å². The van der Waals surface area contributed by atoms with Gasteiger partial charge in [-0.3, -0.25) is 0 Å². The molecule has 172 valence electrons. The first-order valence-electron chi connectivity index (χ1n) is 10.0. The number of thioether (sulfide) groups is 1. The molecule has 2 aromatic heterocycles. The van der Waals surface area contributed by atoms with E-state index in [1.54, 1.807) is 12.3 Å². The first-order valence-corrected chi connectivity index (χ1v) is 12.0. The third kappa shape index (κ3) is 5.21. The van der Waals surface area contributed by atoms with Gasteiger partial charge in [0.1, 0.15) is 11.5 Å². The second-order valence-electron chi connectivity index (χ2n) is 7.52. The van der Waals surface area contributed by atoms with E-state index in [0.717, 1.165) is 30.3 Å². The van der Waals surface area contributed by atoms with Gasteiger partial charge in [-0.25, -0.2) is 15.0 Å². The Balaban J connectivity index is 2.22. The fraction of sp³-hybridized carbons (Fsp3) is 0.409. The number of hydrogen-bond donors (Lipinski definition) is 1. The Morgan fingerprint density at radius 2 is 1.75 bits per heavy atom. The molecule has 0 saturated heterocycles. The van der Waals surface area contributed by atoms with Gasteiger partial charge < -0.3 is 20.1 Å². The number of rotatable bonds is 9. The first kappa shape index (κ1) is 24.8. The molecule has 1 atom stereocenters. The van der Waals surface area contributed by atoms with Crippen molar-refractivity contribution in [1.29, 1.82) is 0 Å². The van der Waals surface area contributed by atoms with E-state index in [1.165, 1.54) is 26.0 Å². The molecule has 1 unspecified atom stereocenters. The molecule has 32 heavy (non-hydrogen) atoms.